The van der Waals surface area contributed by atoms with Crippen molar-refractivity contribution in [3.05, 3.63) is 71.5 Å². The second-order valence-electron chi connectivity index (χ2n) is 7.65. The van der Waals surface area contributed by atoms with Gasteiger partial charge in [0.15, 0.2) is 0 Å². The number of benzene rings is 3. The van der Waals surface area contributed by atoms with E-state index in [1.807, 2.05) is 4.72 Å². The van der Waals surface area contributed by atoms with E-state index in [2.05, 4.69) is 9.97 Å². The van der Waals surface area contributed by atoms with Crippen LogP contribution >= 0.6 is 0 Å². The lowest BCUT2D eigenvalue weighted by molar-refractivity contribution is -0.142. The molecule has 0 amide bonds. The van der Waals surface area contributed by atoms with Crippen LogP contribution in [-0.4, -0.2) is 24.6 Å². The molecule has 0 saturated heterocycles. The van der Waals surface area contributed by atoms with Crippen LogP contribution in [0, 0.1) is 5.82 Å². The summed E-state index contributed by atoms with van der Waals surface area (Å²) in [5, 5.41) is 0. The average molecular weight is 517 g/mol. The Balaban J connectivity index is 1.71. The molecular weight excluding hydrogens is 503 g/mol. The molecule has 35 heavy (non-hydrogen) atoms. The highest BCUT2D eigenvalue weighted by atomic mass is 32.2. The van der Waals surface area contributed by atoms with E-state index in [0.29, 0.717) is 17.2 Å². The number of imidazole rings is 1. The first-order valence-corrected chi connectivity index (χ1v) is 11.6. The Morgan fingerprint density at radius 2 is 1.43 bits per heavy atom. The number of anilines is 1. The topological polar surface area (TPSA) is 74.8 Å². The molecule has 0 radical (unpaired) electrons. The van der Waals surface area contributed by atoms with Gasteiger partial charge in [-0.1, -0.05) is 30.3 Å². The summed E-state index contributed by atoms with van der Waals surface area (Å²) >= 11 is 0. The van der Waals surface area contributed by atoms with E-state index in [9.17, 15) is 39.2 Å². The SMILES string of the molecule is CS(=O)(=O)Nc1ccc(-c2ccc(-c3nc4c(C(F)(F)F)cc(C(F)(F)F)cc4[nH]3)cc2)cc1F. The number of hydrogen-bond acceptors (Lipinski definition) is 3. The number of sulfonamides is 1. The molecule has 0 atom stereocenters. The molecule has 13 heteroatoms. The first-order chi connectivity index (χ1) is 16.1. The van der Waals surface area contributed by atoms with Crippen molar-refractivity contribution in [3.8, 4) is 22.5 Å². The zero-order valence-corrected chi connectivity index (χ0v) is 18.3. The number of nitrogens with one attached hydrogen (secondary N) is 2. The highest BCUT2D eigenvalue weighted by molar-refractivity contribution is 7.92. The molecular formula is C22H14F7N3O2S. The fraction of sp³-hybridized carbons (Fsp3) is 0.136. The summed E-state index contributed by atoms with van der Waals surface area (Å²) in [4.78, 5) is 6.36. The quantitative estimate of drug-likeness (QED) is 0.306. The summed E-state index contributed by atoms with van der Waals surface area (Å²) in [6, 6.07) is 10.3. The van der Waals surface area contributed by atoms with Gasteiger partial charge in [-0.05, 0) is 35.4 Å². The number of rotatable bonds is 4. The van der Waals surface area contributed by atoms with Crippen molar-refractivity contribution in [1.82, 2.24) is 9.97 Å². The van der Waals surface area contributed by atoms with E-state index >= 15 is 0 Å². The molecule has 0 fully saturated rings. The van der Waals surface area contributed by atoms with Gasteiger partial charge in [-0.15, -0.1) is 0 Å². The Labute approximate surface area is 193 Å². The summed E-state index contributed by atoms with van der Waals surface area (Å²) in [6.45, 7) is 0. The van der Waals surface area contributed by atoms with Gasteiger partial charge in [0.2, 0.25) is 10.0 Å². The number of fused-ring (bicyclic) bond motifs is 1. The number of hydrogen-bond donors (Lipinski definition) is 2. The lowest BCUT2D eigenvalue weighted by Crippen LogP contribution is -2.11. The minimum atomic E-state index is -5.06. The average Bonchev–Trinajstić information content (AvgIpc) is 3.16. The molecule has 2 N–H and O–H groups in total. The summed E-state index contributed by atoms with van der Waals surface area (Å²) in [6.07, 6.45) is -9.17. The third-order valence-corrected chi connectivity index (χ3v) is 5.57. The molecule has 1 aromatic heterocycles. The van der Waals surface area contributed by atoms with Crippen molar-refractivity contribution < 1.29 is 39.2 Å². The predicted molar refractivity (Wildman–Crippen MR) is 115 cm³/mol. The van der Waals surface area contributed by atoms with Gasteiger partial charge < -0.3 is 4.98 Å². The third kappa shape index (κ3) is 5.24. The number of aromatic nitrogens is 2. The number of halogens is 7. The lowest BCUT2D eigenvalue weighted by Gasteiger charge is -2.11. The van der Waals surface area contributed by atoms with Crippen LogP contribution < -0.4 is 4.72 Å². The summed E-state index contributed by atoms with van der Waals surface area (Å²) in [5.41, 5.74) is -3.14. The van der Waals surface area contributed by atoms with Gasteiger partial charge in [-0.25, -0.2) is 17.8 Å². The first-order valence-electron chi connectivity index (χ1n) is 9.68. The molecule has 3 aromatic carbocycles. The van der Waals surface area contributed by atoms with E-state index < -0.39 is 50.4 Å². The molecule has 4 rings (SSSR count). The monoisotopic (exact) mass is 517 g/mol. The fourth-order valence-electron chi connectivity index (χ4n) is 3.43. The van der Waals surface area contributed by atoms with Gasteiger partial charge >= 0.3 is 12.4 Å². The molecule has 5 nitrogen and oxygen atoms in total. The molecule has 0 aliphatic rings. The molecule has 0 unspecified atom stereocenters. The van der Waals surface area contributed by atoms with E-state index in [4.69, 9.17) is 0 Å². The predicted octanol–water partition coefficient (Wildman–Crippen LogP) is 6.45. The number of H-pyrrole nitrogens is 1. The summed E-state index contributed by atoms with van der Waals surface area (Å²) < 4.78 is 118. The van der Waals surface area contributed by atoms with Crippen molar-refractivity contribution in [1.29, 1.82) is 0 Å². The van der Waals surface area contributed by atoms with Gasteiger partial charge in [0.1, 0.15) is 17.2 Å². The smallest absolute Gasteiger partial charge is 0.338 e. The number of aromatic amines is 1. The number of alkyl halides is 6. The second-order valence-corrected chi connectivity index (χ2v) is 9.40. The zero-order chi connectivity index (χ0) is 25.8. The maximum Gasteiger partial charge on any atom is 0.418 e. The molecule has 0 aliphatic heterocycles. The van der Waals surface area contributed by atoms with Crippen LogP contribution in [0.25, 0.3) is 33.5 Å². The fourth-order valence-corrected chi connectivity index (χ4v) is 4.00. The van der Waals surface area contributed by atoms with Crippen LogP contribution in [0.4, 0.5) is 36.4 Å². The highest BCUT2D eigenvalue weighted by Crippen LogP contribution is 2.40. The molecule has 0 bridgehead atoms. The van der Waals surface area contributed by atoms with Crippen molar-refractivity contribution >= 4 is 26.7 Å². The molecule has 184 valence electrons. The van der Waals surface area contributed by atoms with Crippen molar-refractivity contribution in [2.75, 3.05) is 11.0 Å². The van der Waals surface area contributed by atoms with Crippen LogP contribution in [0.1, 0.15) is 11.1 Å². The van der Waals surface area contributed by atoms with E-state index in [1.54, 1.807) is 0 Å². The number of nitrogens with zero attached hydrogens (tertiary/aromatic N) is 1. The lowest BCUT2D eigenvalue weighted by atomic mass is 10.0. The van der Waals surface area contributed by atoms with E-state index in [1.165, 1.54) is 36.4 Å². The Bertz CT molecular complexity index is 1520. The molecule has 4 aromatic rings. The van der Waals surface area contributed by atoms with Crippen LogP contribution in [0.5, 0.6) is 0 Å². The van der Waals surface area contributed by atoms with Crippen LogP contribution in [0.2, 0.25) is 0 Å². The maximum absolute atomic E-state index is 14.3. The van der Waals surface area contributed by atoms with Crippen molar-refractivity contribution in [2.45, 2.75) is 12.4 Å². The van der Waals surface area contributed by atoms with E-state index in [-0.39, 0.29) is 23.1 Å². The summed E-state index contributed by atoms with van der Waals surface area (Å²) in [5.74, 6) is -0.912. The normalized spacial score (nSPS) is 12.8. The van der Waals surface area contributed by atoms with Crippen LogP contribution in [-0.2, 0) is 22.4 Å². The second kappa shape index (κ2) is 8.26. The zero-order valence-electron chi connectivity index (χ0n) is 17.5. The minimum Gasteiger partial charge on any atom is -0.338 e. The molecule has 0 spiro atoms. The van der Waals surface area contributed by atoms with Gasteiger partial charge in [0.25, 0.3) is 0 Å². The molecule has 0 aliphatic carbocycles. The Kier molecular flexibility index (Phi) is 5.78. The molecule has 1 heterocycles. The van der Waals surface area contributed by atoms with Crippen LogP contribution in [0.15, 0.2) is 54.6 Å². The standard InChI is InChI=1S/C22H14F7N3O2S/c1-35(33,34)32-17-7-6-13(8-16(17)23)11-2-4-12(5-3-11)20-30-18-10-14(21(24,25)26)9-15(19(18)31-20)22(27,28)29/h2-10,32H,1H3,(H,30,31). The van der Waals surface area contributed by atoms with Crippen molar-refractivity contribution in [3.63, 3.8) is 0 Å². The Morgan fingerprint density at radius 1 is 0.829 bits per heavy atom. The Morgan fingerprint density at radius 3 is 1.97 bits per heavy atom. The highest BCUT2D eigenvalue weighted by Gasteiger charge is 2.39. The van der Waals surface area contributed by atoms with Crippen molar-refractivity contribution in [2.24, 2.45) is 0 Å². The van der Waals surface area contributed by atoms with Gasteiger partial charge in [-0.2, -0.15) is 26.3 Å². The van der Waals surface area contributed by atoms with Gasteiger partial charge in [0.05, 0.1) is 28.6 Å². The maximum atomic E-state index is 14.3. The molecule has 0 saturated carbocycles. The minimum absolute atomic E-state index is 0.0207. The van der Waals surface area contributed by atoms with Crippen LogP contribution in [0.3, 0.4) is 0 Å². The Hall–Kier alpha value is -3.61. The van der Waals surface area contributed by atoms with E-state index in [0.717, 1.165) is 12.3 Å². The summed E-state index contributed by atoms with van der Waals surface area (Å²) in [7, 11) is -3.68. The third-order valence-electron chi connectivity index (χ3n) is 4.98. The first kappa shape index (κ1) is 24.5. The van der Waals surface area contributed by atoms with Gasteiger partial charge in [0, 0.05) is 5.56 Å². The largest absolute Gasteiger partial charge is 0.418 e. The van der Waals surface area contributed by atoms with Gasteiger partial charge in [-0.3, -0.25) is 4.72 Å².